The highest BCUT2D eigenvalue weighted by molar-refractivity contribution is 5.92. The first-order chi connectivity index (χ1) is 7.68. The molecule has 1 saturated carbocycles. The lowest BCUT2D eigenvalue weighted by Crippen LogP contribution is -2.16. The Bertz CT molecular complexity index is 361. The first-order valence-corrected chi connectivity index (χ1v) is 5.63. The molecule has 88 valence electrons. The van der Waals surface area contributed by atoms with Crippen molar-refractivity contribution in [3.05, 3.63) is 11.9 Å². The van der Waals surface area contributed by atoms with Gasteiger partial charge in [-0.25, -0.2) is 4.79 Å². The minimum Gasteiger partial charge on any atom is -0.461 e. The summed E-state index contributed by atoms with van der Waals surface area (Å²) >= 11 is 0. The van der Waals surface area contributed by atoms with Gasteiger partial charge in [0.1, 0.15) is 0 Å². The average molecular weight is 223 g/mol. The molecule has 5 heteroatoms. The van der Waals surface area contributed by atoms with Crippen molar-refractivity contribution in [1.29, 1.82) is 0 Å². The molecule has 0 amide bonds. The van der Waals surface area contributed by atoms with Crippen molar-refractivity contribution in [3.8, 4) is 0 Å². The summed E-state index contributed by atoms with van der Waals surface area (Å²) in [4.78, 5) is 11.7. The van der Waals surface area contributed by atoms with Crippen molar-refractivity contribution >= 4 is 11.7 Å². The lowest BCUT2D eigenvalue weighted by atomic mass is 10.1. The van der Waals surface area contributed by atoms with Crippen molar-refractivity contribution in [2.45, 2.75) is 25.7 Å². The molecule has 5 nitrogen and oxygen atoms in total. The number of esters is 1. The van der Waals surface area contributed by atoms with Gasteiger partial charge in [0.15, 0.2) is 5.69 Å². The number of carbonyl (C=O) groups is 1. The molecule has 0 aromatic carbocycles. The van der Waals surface area contributed by atoms with Gasteiger partial charge >= 0.3 is 5.97 Å². The lowest BCUT2D eigenvalue weighted by Gasteiger charge is -2.10. The number of nitrogen functional groups attached to an aromatic ring is 1. The molecule has 1 aliphatic rings. The normalized spacial score (nSPS) is 16.6. The SMILES string of the molecule is Cn1ncc(N)c1C(=O)OCC1CCCC1. The Kier molecular flexibility index (Phi) is 3.12. The molecule has 1 aliphatic carbocycles. The Morgan fingerprint density at radius 1 is 1.62 bits per heavy atom. The Morgan fingerprint density at radius 3 is 2.88 bits per heavy atom. The number of nitrogens with zero attached hydrogens (tertiary/aromatic N) is 2. The Hall–Kier alpha value is -1.52. The number of aromatic nitrogens is 2. The molecular formula is C11H17N3O2. The second kappa shape index (κ2) is 4.55. The van der Waals surface area contributed by atoms with Gasteiger partial charge in [0.25, 0.3) is 0 Å². The van der Waals surface area contributed by atoms with Crippen molar-refractivity contribution in [1.82, 2.24) is 9.78 Å². The highest BCUT2D eigenvalue weighted by atomic mass is 16.5. The third-order valence-electron chi connectivity index (χ3n) is 3.09. The van der Waals surface area contributed by atoms with Crippen LogP contribution in [-0.2, 0) is 11.8 Å². The van der Waals surface area contributed by atoms with Gasteiger partial charge in [0.2, 0.25) is 0 Å². The van der Waals surface area contributed by atoms with E-state index >= 15 is 0 Å². The van der Waals surface area contributed by atoms with Crippen LogP contribution in [-0.4, -0.2) is 22.4 Å². The average Bonchev–Trinajstić information content (AvgIpc) is 2.86. The fourth-order valence-electron chi connectivity index (χ4n) is 2.14. The monoisotopic (exact) mass is 223 g/mol. The summed E-state index contributed by atoms with van der Waals surface area (Å²) in [5.41, 5.74) is 6.36. The summed E-state index contributed by atoms with van der Waals surface area (Å²) in [7, 11) is 1.68. The molecule has 1 fully saturated rings. The van der Waals surface area contributed by atoms with Crippen LogP contribution in [0.25, 0.3) is 0 Å². The number of anilines is 1. The van der Waals surface area contributed by atoms with Crippen LogP contribution >= 0.6 is 0 Å². The van der Waals surface area contributed by atoms with E-state index in [1.807, 2.05) is 0 Å². The summed E-state index contributed by atoms with van der Waals surface area (Å²) in [5.74, 6) is 0.155. The van der Waals surface area contributed by atoms with E-state index in [9.17, 15) is 4.79 Å². The van der Waals surface area contributed by atoms with Crippen molar-refractivity contribution < 1.29 is 9.53 Å². The second-order valence-corrected chi connectivity index (χ2v) is 4.32. The molecule has 2 N–H and O–H groups in total. The zero-order chi connectivity index (χ0) is 11.5. The summed E-state index contributed by atoms with van der Waals surface area (Å²) in [6.07, 6.45) is 6.28. The van der Waals surface area contributed by atoms with Crippen LogP contribution in [0.5, 0.6) is 0 Å². The topological polar surface area (TPSA) is 70.1 Å². The smallest absolute Gasteiger partial charge is 0.358 e. The Labute approximate surface area is 94.6 Å². The minimum absolute atomic E-state index is 0.345. The highest BCUT2D eigenvalue weighted by Gasteiger charge is 2.20. The van der Waals surface area contributed by atoms with Gasteiger partial charge in [-0.3, -0.25) is 4.68 Å². The number of hydrogen-bond acceptors (Lipinski definition) is 4. The van der Waals surface area contributed by atoms with Crippen molar-refractivity contribution in [3.63, 3.8) is 0 Å². The Balaban J connectivity index is 1.92. The van der Waals surface area contributed by atoms with Crippen molar-refractivity contribution in [2.75, 3.05) is 12.3 Å². The molecule has 0 unspecified atom stereocenters. The number of ether oxygens (including phenoxy) is 1. The molecule has 0 atom stereocenters. The van der Waals surface area contributed by atoms with E-state index < -0.39 is 0 Å². The molecule has 16 heavy (non-hydrogen) atoms. The maximum absolute atomic E-state index is 11.7. The van der Waals surface area contributed by atoms with Crippen LogP contribution < -0.4 is 5.73 Å². The fraction of sp³-hybridized carbons (Fsp3) is 0.636. The van der Waals surface area contributed by atoms with E-state index in [-0.39, 0.29) is 5.97 Å². The van der Waals surface area contributed by atoms with Gasteiger partial charge in [0, 0.05) is 7.05 Å². The van der Waals surface area contributed by atoms with Crippen LogP contribution in [0.4, 0.5) is 5.69 Å². The standard InChI is InChI=1S/C11H17N3O2/c1-14-10(9(12)6-13-14)11(15)16-7-8-4-2-3-5-8/h6,8H,2-5,7,12H2,1H3. The van der Waals surface area contributed by atoms with E-state index in [2.05, 4.69) is 5.10 Å². The summed E-state index contributed by atoms with van der Waals surface area (Å²) in [6, 6.07) is 0. The zero-order valence-electron chi connectivity index (χ0n) is 9.48. The summed E-state index contributed by atoms with van der Waals surface area (Å²) in [6.45, 7) is 0.503. The van der Waals surface area contributed by atoms with Gasteiger partial charge in [-0.2, -0.15) is 5.10 Å². The molecule has 0 bridgehead atoms. The molecule has 1 aromatic heterocycles. The maximum Gasteiger partial charge on any atom is 0.358 e. The number of hydrogen-bond donors (Lipinski definition) is 1. The third-order valence-corrected chi connectivity index (χ3v) is 3.09. The molecule has 0 radical (unpaired) electrons. The third kappa shape index (κ3) is 2.18. The number of nitrogens with two attached hydrogens (primary N) is 1. The van der Waals surface area contributed by atoms with E-state index in [1.54, 1.807) is 7.05 Å². The van der Waals surface area contributed by atoms with Gasteiger partial charge in [-0.15, -0.1) is 0 Å². The highest BCUT2D eigenvalue weighted by Crippen LogP contribution is 2.25. The van der Waals surface area contributed by atoms with Crippen LogP contribution in [0.15, 0.2) is 6.20 Å². The summed E-state index contributed by atoms with van der Waals surface area (Å²) < 4.78 is 6.70. The molecule has 0 aliphatic heterocycles. The fourth-order valence-corrected chi connectivity index (χ4v) is 2.14. The van der Waals surface area contributed by atoms with Crippen LogP contribution in [0, 0.1) is 5.92 Å². The molecular weight excluding hydrogens is 206 g/mol. The number of carbonyl (C=O) groups excluding carboxylic acids is 1. The van der Waals surface area contributed by atoms with Gasteiger partial charge < -0.3 is 10.5 Å². The Morgan fingerprint density at radius 2 is 2.31 bits per heavy atom. The van der Waals surface area contributed by atoms with Crippen molar-refractivity contribution in [2.24, 2.45) is 13.0 Å². The largest absolute Gasteiger partial charge is 0.461 e. The maximum atomic E-state index is 11.7. The lowest BCUT2D eigenvalue weighted by molar-refractivity contribution is 0.0431. The number of rotatable bonds is 3. The van der Waals surface area contributed by atoms with E-state index in [4.69, 9.17) is 10.5 Å². The molecule has 0 spiro atoms. The van der Waals surface area contributed by atoms with E-state index in [0.717, 1.165) is 12.8 Å². The molecule has 1 aromatic rings. The van der Waals surface area contributed by atoms with E-state index in [1.165, 1.54) is 23.7 Å². The van der Waals surface area contributed by atoms with Gasteiger partial charge in [-0.1, -0.05) is 12.8 Å². The zero-order valence-corrected chi connectivity index (χ0v) is 9.48. The molecule has 1 heterocycles. The first kappa shape index (κ1) is 11.0. The predicted octanol–water partition coefficient (Wildman–Crippen LogP) is 1.35. The summed E-state index contributed by atoms with van der Waals surface area (Å²) in [5, 5.41) is 3.91. The van der Waals surface area contributed by atoms with Crippen LogP contribution in [0.3, 0.4) is 0 Å². The molecule has 2 rings (SSSR count). The number of aryl methyl sites for hydroxylation is 1. The first-order valence-electron chi connectivity index (χ1n) is 5.63. The molecule has 0 saturated heterocycles. The van der Waals surface area contributed by atoms with Crippen LogP contribution in [0.1, 0.15) is 36.2 Å². The predicted molar refractivity (Wildman–Crippen MR) is 59.9 cm³/mol. The quantitative estimate of drug-likeness (QED) is 0.785. The van der Waals surface area contributed by atoms with E-state index in [0.29, 0.717) is 23.9 Å². The minimum atomic E-state index is -0.371. The van der Waals surface area contributed by atoms with Crippen LogP contribution in [0.2, 0.25) is 0 Å². The second-order valence-electron chi connectivity index (χ2n) is 4.32. The van der Waals surface area contributed by atoms with Gasteiger partial charge in [-0.05, 0) is 18.8 Å². The van der Waals surface area contributed by atoms with Gasteiger partial charge in [0.05, 0.1) is 18.5 Å².